The number of nitrogens with one attached hydrogen (secondary N) is 1. The Morgan fingerprint density at radius 2 is 2.04 bits per heavy atom. The predicted molar refractivity (Wildman–Crippen MR) is 96.1 cm³/mol. The Hall–Kier alpha value is -2.34. The molecular formula is C19H25N3O3. The first-order chi connectivity index (χ1) is 12.1. The molecule has 0 saturated carbocycles. The Morgan fingerprint density at radius 1 is 1.32 bits per heavy atom. The second-order valence-corrected chi connectivity index (χ2v) is 6.71. The minimum absolute atomic E-state index is 0.234. The third-order valence-corrected chi connectivity index (χ3v) is 4.96. The van der Waals surface area contributed by atoms with Gasteiger partial charge in [0.15, 0.2) is 0 Å². The quantitative estimate of drug-likeness (QED) is 0.785. The van der Waals surface area contributed by atoms with Gasteiger partial charge in [0.2, 0.25) is 5.91 Å². The van der Waals surface area contributed by atoms with Crippen LogP contribution in [0.5, 0.6) is 0 Å². The van der Waals surface area contributed by atoms with E-state index in [1.807, 2.05) is 35.9 Å². The van der Waals surface area contributed by atoms with Gasteiger partial charge in [0.25, 0.3) is 0 Å². The summed E-state index contributed by atoms with van der Waals surface area (Å²) in [5, 5.41) is 4.19. The summed E-state index contributed by atoms with van der Waals surface area (Å²) in [6.07, 6.45) is 4.12. The van der Waals surface area contributed by atoms with Crippen LogP contribution in [0.15, 0.2) is 30.5 Å². The fourth-order valence-corrected chi connectivity index (χ4v) is 3.60. The van der Waals surface area contributed by atoms with Gasteiger partial charge < -0.3 is 20.4 Å². The van der Waals surface area contributed by atoms with Crippen LogP contribution in [0.2, 0.25) is 0 Å². The molecule has 1 aliphatic heterocycles. The first kappa shape index (κ1) is 17.5. The van der Waals surface area contributed by atoms with Gasteiger partial charge in [-0.2, -0.15) is 0 Å². The molecule has 0 radical (unpaired) electrons. The zero-order valence-corrected chi connectivity index (χ0v) is 14.5. The number of nitrogens with two attached hydrogens (primary N) is 1. The number of para-hydroxylation sites is 1. The zero-order chi connectivity index (χ0) is 17.8. The van der Waals surface area contributed by atoms with E-state index in [0.29, 0.717) is 12.0 Å². The summed E-state index contributed by atoms with van der Waals surface area (Å²) in [4.78, 5) is 24.0. The Bertz CT molecular complexity index is 762. The van der Waals surface area contributed by atoms with Crippen LogP contribution in [0, 0.1) is 5.92 Å². The second-order valence-electron chi connectivity index (χ2n) is 6.71. The highest BCUT2D eigenvalue weighted by Crippen LogP contribution is 2.26. The molecule has 6 nitrogen and oxygen atoms in total. The molecule has 3 N–H and O–H groups in total. The van der Waals surface area contributed by atoms with Crippen molar-refractivity contribution in [3.63, 3.8) is 0 Å². The lowest BCUT2D eigenvalue weighted by Gasteiger charge is -2.30. The number of ether oxygens (including phenoxy) is 1. The van der Waals surface area contributed by atoms with Crippen LogP contribution in [0.3, 0.4) is 0 Å². The van der Waals surface area contributed by atoms with Crippen LogP contribution in [0.25, 0.3) is 10.9 Å². The van der Waals surface area contributed by atoms with Crippen LogP contribution >= 0.6 is 0 Å². The molecule has 1 fully saturated rings. The van der Waals surface area contributed by atoms with E-state index in [1.165, 1.54) is 0 Å². The summed E-state index contributed by atoms with van der Waals surface area (Å²) in [5.41, 5.74) is 6.85. The standard InChI is InChI=1S/C19H25N3O3/c1-22-12-15(14-4-2-3-5-16(14)22)19(24)25-17(6-7-18(20)23)13-8-10-21-11-9-13/h2-5,12-13,17,21H,6-11H2,1H3,(H2,20,23). The molecule has 0 bridgehead atoms. The number of esters is 1. The van der Waals surface area contributed by atoms with Crippen LogP contribution in [0.4, 0.5) is 0 Å². The van der Waals surface area contributed by atoms with Crippen LogP contribution < -0.4 is 11.1 Å². The number of aromatic nitrogens is 1. The van der Waals surface area contributed by atoms with E-state index in [2.05, 4.69) is 5.32 Å². The first-order valence-corrected chi connectivity index (χ1v) is 8.80. The fraction of sp³-hybridized carbons (Fsp3) is 0.474. The van der Waals surface area contributed by atoms with Crippen molar-refractivity contribution in [3.8, 4) is 0 Å². The molecule has 3 rings (SSSR count). The van der Waals surface area contributed by atoms with Gasteiger partial charge in [-0.25, -0.2) is 4.79 Å². The third kappa shape index (κ3) is 4.02. The molecule has 6 heteroatoms. The maximum absolute atomic E-state index is 12.8. The van der Waals surface area contributed by atoms with E-state index < -0.39 is 0 Å². The Balaban J connectivity index is 1.79. The van der Waals surface area contributed by atoms with Crippen molar-refractivity contribution in [2.24, 2.45) is 18.7 Å². The second kappa shape index (κ2) is 7.70. The Labute approximate surface area is 147 Å². The topological polar surface area (TPSA) is 86.3 Å². The van der Waals surface area contributed by atoms with Gasteiger partial charge in [0.05, 0.1) is 5.56 Å². The molecule has 1 atom stereocenters. The van der Waals surface area contributed by atoms with Crippen LogP contribution in [0.1, 0.15) is 36.0 Å². The summed E-state index contributed by atoms with van der Waals surface area (Å²) in [6.45, 7) is 1.81. The molecule has 1 aliphatic rings. The molecule has 0 aliphatic carbocycles. The molecule has 1 amide bonds. The van der Waals surface area contributed by atoms with E-state index in [9.17, 15) is 9.59 Å². The van der Waals surface area contributed by atoms with Crippen molar-refractivity contribution in [2.75, 3.05) is 13.1 Å². The minimum Gasteiger partial charge on any atom is -0.458 e. The van der Waals surface area contributed by atoms with E-state index in [1.54, 1.807) is 6.20 Å². The lowest BCUT2D eigenvalue weighted by molar-refractivity contribution is -0.118. The van der Waals surface area contributed by atoms with E-state index in [-0.39, 0.29) is 30.3 Å². The van der Waals surface area contributed by atoms with Gasteiger partial charge >= 0.3 is 5.97 Å². The molecule has 2 aromatic rings. The van der Waals surface area contributed by atoms with E-state index in [4.69, 9.17) is 10.5 Å². The number of nitrogens with zero attached hydrogens (tertiary/aromatic N) is 1. The normalized spacial score (nSPS) is 16.7. The molecule has 1 unspecified atom stereocenters. The highest BCUT2D eigenvalue weighted by Gasteiger charge is 2.28. The summed E-state index contributed by atoms with van der Waals surface area (Å²) >= 11 is 0. The lowest BCUT2D eigenvalue weighted by atomic mass is 9.89. The molecule has 1 saturated heterocycles. The van der Waals surface area contributed by atoms with E-state index in [0.717, 1.165) is 36.8 Å². The van der Waals surface area contributed by atoms with Crippen molar-refractivity contribution < 1.29 is 14.3 Å². The summed E-state index contributed by atoms with van der Waals surface area (Å²) in [5.74, 6) is -0.426. The number of primary amides is 1. The molecule has 1 aromatic heterocycles. The van der Waals surface area contributed by atoms with Crippen LogP contribution in [-0.2, 0) is 16.6 Å². The number of piperidine rings is 1. The predicted octanol–water partition coefficient (Wildman–Crippen LogP) is 1.97. The number of carbonyl (C=O) groups excluding carboxylic acids is 2. The van der Waals surface area contributed by atoms with Crippen molar-refractivity contribution in [1.29, 1.82) is 0 Å². The number of carbonyl (C=O) groups is 2. The molecule has 2 heterocycles. The number of rotatable bonds is 6. The molecule has 25 heavy (non-hydrogen) atoms. The first-order valence-electron chi connectivity index (χ1n) is 8.80. The number of hydrogen-bond donors (Lipinski definition) is 2. The van der Waals surface area contributed by atoms with Gasteiger partial charge in [-0.05, 0) is 44.3 Å². The maximum Gasteiger partial charge on any atom is 0.340 e. The molecule has 1 aromatic carbocycles. The highest BCUT2D eigenvalue weighted by molar-refractivity contribution is 6.04. The summed E-state index contributed by atoms with van der Waals surface area (Å²) < 4.78 is 7.79. The minimum atomic E-state index is -0.361. The number of aryl methyl sites for hydroxylation is 1. The average Bonchev–Trinajstić information content (AvgIpc) is 2.96. The average molecular weight is 343 g/mol. The van der Waals surface area contributed by atoms with E-state index >= 15 is 0 Å². The Morgan fingerprint density at radius 3 is 2.76 bits per heavy atom. The van der Waals surface area contributed by atoms with Crippen molar-refractivity contribution in [3.05, 3.63) is 36.0 Å². The van der Waals surface area contributed by atoms with Gasteiger partial charge in [0.1, 0.15) is 6.10 Å². The third-order valence-electron chi connectivity index (χ3n) is 4.96. The summed E-state index contributed by atoms with van der Waals surface area (Å²) in [6, 6.07) is 7.76. The fourth-order valence-electron chi connectivity index (χ4n) is 3.60. The largest absolute Gasteiger partial charge is 0.458 e. The molecule has 0 spiro atoms. The van der Waals surface area contributed by atoms with Gasteiger partial charge in [0, 0.05) is 30.6 Å². The SMILES string of the molecule is Cn1cc(C(=O)OC(CCC(N)=O)C2CCNCC2)c2ccccc21. The molecular weight excluding hydrogens is 318 g/mol. The zero-order valence-electron chi connectivity index (χ0n) is 14.5. The van der Waals surface area contributed by atoms with Crippen molar-refractivity contribution in [1.82, 2.24) is 9.88 Å². The van der Waals surface area contributed by atoms with Crippen molar-refractivity contribution in [2.45, 2.75) is 31.8 Å². The van der Waals surface area contributed by atoms with Crippen molar-refractivity contribution >= 4 is 22.8 Å². The lowest BCUT2D eigenvalue weighted by Crippen LogP contribution is -2.37. The number of fused-ring (bicyclic) bond motifs is 1. The highest BCUT2D eigenvalue weighted by atomic mass is 16.5. The maximum atomic E-state index is 12.8. The molecule has 134 valence electrons. The number of amides is 1. The van der Waals surface area contributed by atoms with Gasteiger partial charge in [-0.1, -0.05) is 18.2 Å². The van der Waals surface area contributed by atoms with Crippen LogP contribution in [-0.4, -0.2) is 35.6 Å². The Kier molecular flexibility index (Phi) is 5.38. The number of hydrogen-bond acceptors (Lipinski definition) is 4. The smallest absolute Gasteiger partial charge is 0.340 e. The summed E-state index contributed by atoms with van der Waals surface area (Å²) in [7, 11) is 1.91. The monoisotopic (exact) mass is 343 g/mol. The number of benzene rings is 1. The van der Waals surface area contributed by atoms with Gasteiger partial charge in [-0.15, -0.1) is 0 Å². The van der Waals surface area contributed by atoms with Gasteiger partial charge in [-0.3, -0.25) is 4.79 Å².